The number of aromatic amines is 2. The first-order valence-corrected chi connectivity index (χ1v) is 43.5. The minimum Gasteiger partial charge on any atom is -0.508 e. The van der Waals surface area contributed by atoms with Gasteiger partial charge in [-0.25, -0.2) is 0 Å². The zero-order valence-electron chi connectivity index (χ0n) is 72.8. The van der Waals surface area contributed by atoms with Crippen LogP contribution in [0.15, 0.2) is 116 Å². The van der Waals surface area contributed by atoms with Crippen LogP contribution in [0.4, 0.5) is 0 Å². The van der Waals surface area contributed by atoms with E-state index in [0.717, 1.165) is 0 Å². The number of unbranched alkanes of at least 4 members (excludes halogenated alkanes) is 1. The smallest absolute Gasteiger partial charge is 0.246 e. The number of hydrogen-bond donors (Lipinski definition) is 26. The Labute approximate surface area is 756 Å². The highest BCUT2D eigenvalue weighted by molar-refractivity contribution is 7.80. The molecule has 6 rings (SSSR count). The lowest BCUT2D eigenvalue weighted by Crippen LogP contribution is -2.62. The highest BCUT2D eigenvalue weighted by atomic mass is 32.1. The number of aromatic nitrogens is 2. The van der Waals surface area contributed by atoms with Crippen LogP contribution >= 0.6 is 25.3 Å². The molecule has 0 aliphatic rings. The molecule has 0 aliphatic heterocycles. The third-order valence-electron chi connectivity index (χ3n) is 20.5. The fourth-order valence-corrected chi connectivity index (χ4v) is 14.2. The largest absolute Gasteiger partial charge is 0.508 e. The minimum atomic E-state index is -1.81. The standard InChI is InChI=1S/C86H122N22O19S2/c1-46(2)35-62(101-82(123)67(44-128)97-49(6)110)81(122)108-73(48(5)109)85(126)105-66(39-53-41-95-58-22-13-11-20-56(53)58)80(121)100-61(29-30-69(88)112)76(117)106-68(45-129)83(124)102-64(37-51-25-27-54(111)28-26-51)78(119)103-65(38-52-40-94-57-21-12-10-19-55(52)57)79(120)99-60(24-16-32-93-86(90)91)77(118)107-72(47(3)4)84(125)104-63(36-50-17-8-7-9-18-50)75(116)96-42-70(113)92-33-34-127-43-71(114)98-59(74(89)115)23-14-15-31-87/h7-13,17-22,25-28,40-41,46-48,59-68,72-73,94-95,109,111,128-129H,14-16,23-24,29-39,42-45,87H2,1-6H3,(H2,88,112)(H2,89,115)(H,92,113)(H,96,116)(H,97,110)(H,98,114)(H,99,120)(H,100,121)(H,101,123)(H,102,124)(H,103,119)(H,104,125)(H,105,126)(H,106,117)(H,107,118)(H,108,122)(H4,90,91,93)/t48-,59-,60+,61+,62+,63+,64+,65+,66+,67+,68+,72+,73+/m1/s1. The first-order chi connectivity index (χ1) is 61.4. The Balaban J connectivity index is 1.25. The van der Waals surface area contributed by atoms with Crippen LogP contribution < -0.4 is 103 Å². The average molecular weight is 1830 g/mol. The first kappa shape index (κ1) is 105. The molecule has 0 aliphatic carbocycles. The van der Waals surface area contributed by atoms with Gasteiger partial charge in [-0.3, -0.25) is 82.1 Å². The summed E-state index contributed by atoms with van der Waals surface area (Å²) < 4.78 is 5.36. The van der Waals surface area contributed by atoms with E-state index in [1.54, 1.807) is 119 Å². The number of aliphatic hydroxyl groups excluding tert-OH is 1. The highest BCUT2D eigenvalue weighted by Crippen LogP contribution is 2.23. The van der Waals surface area contributed by atoms with Gasteiger partial charge in [0.1, 0.15) is 84.9 Å². The molecule has 129 heavy (non-hydrogen) atoms. The van der Waals surface area contributed by atoms with E-state index in [1.165, 1.54) is 38.1 Å². The molecular weight excluding hydrogens is 1710 g/mol. The predicted molar refractivity (Wildman–Crippen MR) is 485 cm³/mol. The first-order valence-electron chi connectivity index (χ1n) is 42.3. The van der Waals surface area contributed by atoms with Crippen LogP contribution in [0.2, 0.25) is 0 Å². The molecular formula is C86H122N22O19S2. The van der Waals surface area contributed by atoms with Gasteiger partial charge in [0.15, 0.2) is 5.96 Å². The van der Waals surface area contributed by atoms with Crippen molar-refractivity contribution < 1.29 is 91.7 Å². The van der Waals surface area contributed by atoms with E-state index in [1.807, 2.05) is 0 Å². The van der Waals surface area contributed by atoms with Gasteiger partial charge in [-0.2, -0.15) is 25.3 Å². The van der Waals surface area contributed by atoms with Crippen molar-refractivity contribution in [2.45, 2.75) is 197 Å². The molecule has 13 atom stereocenters. The Morgan fingerprint density at radius 1 is 0.442 bits per heavy atom. The second-order valence-corrected chi connectivity index (χ2v) is 32.5. The molecule has 6 aromatic rings. The van der Waals surface area contributed by atoms with Gasteiger partial charge in [0, 0.05) is 97.8 Å². The second-order valence-electron chi connectivity index (χ2n) is 31.8. The van der Waals surface area contributed by atoms with Crippen LogP contribution in [0, 0.1) is 17.2 Å². The quantitative estimate of drug-likeness (QED) is 0.00774. The number of carbonyl (C=O) groups excluding carboxylic acids is 16. The number of carbonyl (C=O) groups is 16. The minimum absolute atomic E-state index is 0.00147. The second kappa shape index (κ2) is 53.7. The van der Waals surface area contributed by atoms with Crippen molar-refractivity contribution >= 4 is 148 Å². The zero-order chi connectivity index (χ0) is 95.0. The summed E-state index contributed by atoms with van der Waals surface area (Å²) in [6, 6.07) is 10.0. The molecule has 0 unspecified atom stereocenters. The number of nitrogens with one attached hydrogen (secondary N) is 18. The van der Waals surface area contributed by atoms with Crippen molar-refractivity contribution in [1.29, 1.82) is 5.41 Å². The molecule has 0 bridgehead atoms. The van der Waals surface area contributed by atoms with Crippen molar-refractivity contribution in [3.63, 3.8) is 0 Å². The van der Waals surface area contributed by atoms with Crippen LogP contribution in [0.5, 0.6) is 5.75 Å². The van der Waals surface area contributed by atoms with Crippen LogP contribution in [0.25, 0.3) is 21.8 Å². The van der Waals surface area contributed by atoms with Gasteiger partial charge in [0.25, 0.3) is 0 Å². The number of amides is 16. The number of aliphatic hydroxyl groups is 1. The van der Waals surface area contributed by atoms with Crippen molar-refractivity contribution in [3.8, 4) is 5.75 Å². The number of para-hydroxylation sites is 2. The van der Waals surface area contributed by atoms with Gasteiger partial charge in [0.05, 0.1) is 19.3 Å². The molecule has 4 aromatic carbocycles. The fraction of sp³-hybridized carbons (Fsp3) is 0.477. The Morgan fingerprint density at radius 3 is 1.40 bits per heavy atom. The summed E-state index contributed by atoms with van der Waals surface area (Å²) >= 11 is 8.57. The molecule has 43 heteroatoms. The summed E-state index contributed by atoms with van der Waals surface area (Å²) in [6.07, 6.45) is 0.693. The number of phenols is 1. The van der Waals surface area contributed by atoms with Crippen molar-refractivity contribution in [2.75, 3.05) is 50.9 Å². The number of benzene rings is 4. The highest BCUT2D eigenvalue weighted by Gasteiger charge is 2.39. The lowest BCUT2D eigenvalue weighted by atomic mass is 9.99. The summed E-state index contributed by atoms with van der Waals surface area (Å²) in [4.78, 5) is 229. The van der Waals surface area contributed by atoms with Crippen molar-refractivity contribution in [3.05, 3.63) is 138 Å². The van der Waals surface area contributed by atoms with E-state index in [4.69, 9.17) is 33.1 Å². The maximum atomic E-state index is 15.4. The normalized spacial score (nSPS) is 14.2. The number of fused-ring (bicyclic) bond motifs is 2. The molecule has 2 aromatic heterocycles. The molecule has 0 spiro atoms. The van der Waals surface area contributed by atoms with Crippen LogP contribution in [0.1, 0.15) is 115 Å². The van der Waals surface area contributed by atoms with Gasteiger partial charge in [-0.15, -0.1) is 0 Å². The van der Waals surface area contributed by atoms with Gasteiger partial charge < -0.3 is 128 Å². The summed E-state index contributed by atoms with van der Waals surface area (Å²) in [5, 5.41) is 69.5. The number of ether oxygens (including phenoxy) is 1. The topological polar surface area (TPSA) is 663 Å². The number of rotatable bonds is 56. The lowest BCUT2D eigenvalue weighted by molar-refractivity contribution is -0.137. The lowest BCUT2D eigenvalue weighted by Gasteiger charge is -2.29. The van der Waals surface area contributed by atoms with Gasteiger partial charge >= 0.3 is 0 Å². The molecule has 16 amide bonds. The summed E-state index contributed by atoms with van der Waals surface area (Å²) in [7, 11) is 0. The maximum absolute atomic E-state index is 15.4. The van der Waals surface area contributed by atoms with E-state index >= 15 is 9.59 Å². The van der Waals surface area contributed by atoms with Crippen molar-refractivity contribution in [1.82, 2.24) is 89.7 Å². The Bertz CT molecular complexity index is 4820. The number of H-pyrrole nitrogens is 2. The summed E-state index contributed by atoms with van der Waals surface area (Å²) in [6.45, 7) is 8.23. The SMILES string of the molecule is CC(=O)N[C@@H](CS)C(=O)N[C@@H](CC(C)C)C(=O)N[C@H](C(=O)N[C@@H](Cc1c[nH]c2ccccc12)C(=O)N[C@@H](CCC(N)=O)C(=O)N[C@@H](CS)C(=O)N[C@@H](Cc1ccc(O)cc1)C(=O)N[C@@H](Cc1c[nH]c2ccccc12)C(=O)N[C@@H](CCCNC(=N)N)C(=O)N[C@H](C(=O)N[C@@H](Cc1ccccc1)C(=O)NCC(=O)NCCOCC(=O)N[C@H](CCCCN)C(N)=O)C(C)C)[C@@H](C)O. The van der Waals surface area contributed by atoms with E-state index in [9.17, 15) is 77.3 Å². The number of primary amides is 2. The molecule has 28 N–H and O–H groups in total. The Kier molecular flexibility index (Phi) is 43.7. The average Bonchev–Trinajstić information content (AvgIpc) is 1.69. The zero-order valence-corrected chi connectivity index (χ0v) is 74.6. The maximum Gasteiger partial charge on any atom is 0.246 e. The Morgan fingerprint density at radius 2 is 0.884 bits per heavy atom. The molecule has 0 radical (unpaired) electrons. The fourth-order valence-electron chi connectivity index (χ4n) is 13.7. The van der Waals surface area contributed by atoms with Gasteiger partial charge in [0.2, 0.25) is 94.5 Å². The van der Waals surface area contributed by atoms with Crippen LogP contribution in [-0.2, 0) is 107 Å². The molecule has 41 nitrogen and oxygen atoms in total. The number of aromatic hydroxyl groups is 1. The van der Waals surface area contributed by atoms with E-state index < -0.39 is 217 Å². The van der Waals surface area contributed by atoms with E-state index in [-0.39, 0.29) is 88.5 Å². The van der Waals surface area contributed by atoms with Gasteiger partial charge in [-0.1, -0.05) is 107 Å². The number of hydrogen-bond acceptors (Lipinski definition) is 23. The van der Waals surface area contributed by atoms with E-state index in [0.29, 0.717) is 63.4 Å². The van der Waals surface area contributed by atoms with Crippen LogP contribution in [-0.4, -0.2) is 250 Å². The third-order valence-corrected chi connectivity index (χ3v) is 21.2. The molecule has 702 valence electrons. The summed E-state index contributed by atoms with van der Waals surface area (Å²) in [5.41, 5.74) is 25.3. The van der Waals surface area contributed by atoms with Crippen molar-refractivity contribution in [2.24, 2.45) is 34.8 Å². The van der Waals surface area contributed by atoms with Crippen LogP contribution in [0.3, 0.4) is 0 Å². The third kappa shape index (κ3) is 35.7. The monoisotopic (exact) mass is 1830 g/mol. The molecule has 0 fully saturated rings. The number of phenolic OH excluding ortho intramolecular Hbond substituents is 1. The Hall–Kier alpha value is -12.9. The number of nitrogens with two attached hydrogens (primary N) is 4. The predicted octanol–water partition coefficient (Wildman–Crippen LogP) is -3.20. The molecule has 0 saturated heterocycles. The number of thiol groups is 2. The summed E-state index contributed by atoms with van der Waals surface area (Å²) in [5.74, 6) is -16.3. The van der Waals surface area contributed by atoms with Gasteiger partial charge in [-0.05, 0) is 117 Å². The number of guanidine groups is 1. The van der Waals surface area contributed by atoms with E-state index in [2.05, 4.69) is 115 Å². The molecule has 2 heterocycles. The molecule has 0 saturated carbocycles.